The topological polar surface area (TPSA) is 136 Å². The number of carbonyl (C=O) groups excluding carboxylic acids is 2. The predicted octanol–water partition coefficient (Wildman–Crippen LogP) is 3.58. The maximum atomic E-state index is 14.1. The first-order chi connectivity index (χ1) is 19.2. The number of hydrogen-bond acceptors (Lipinski definition) is 10. The Morgan fingerprint density at radius 3 is 2.88 bits per heavy atom. The number of nitrogens with one attached hydrogen (secondary N) is 2. The van der Waals surface area contributed by atoms with Crippen LogP contribution in [-0.2, 0) is 20.8 Å². The number of amides is 2. The fourth-order valence-corrected chi connectivity index (χ4v) is 4.92. The first kappa shape index (κ1) is 27.4. The van der Waals surface area contributed by atoms with Gasteiger partial charge < -0.3 is 24.7 Å². The number of imidazole rings is 1. The minimum absolute atomic E-state index is 0.102. The molecule has 40 heavy (non-hydrogen) atoms. The zero-order valence-corrected chi connectivity index (χ0v) is 23.1. The van der Waals surface area contributed by atoms with E-state index in [1.54, 1.807) is 39.5 Å². The number of anilines is 2. The Bertz CT molecular complexity index is 1520. The van der Waals surface area contributed by atoms with Crippen molar-refractivity contribution in [1.82, 2.24) is 34.7 Å². The quantitative estimate of drug-likeness (QED) is 0.343. The lowest BCUT2D eigenvalue weighted by atomic mass is 10.2. The molecule has 0 spiro atoms. The van der Waals surface area contributed by atoms with E-state index in [9.17, 15) is 14.0 Å². The number of morpholine rings is 1. The van der Waals surface area contributed by atoms with Gasteiger partial charge in [-0.2, -0.15) is 0 Å². The number of aromatic nitrogens is 5. The fourth-order valence-electron chi connectivity index (χ4n) is 4.10. The fraction of sp³-hybridized carbons (Fsp3) is 0.385. The van der Waals surface area contributed by atoms with Crippen LogP contribution in [-0.4, -0.2) is 79.3 Å². The molecule has 0 saturated carbocycles. The zero-order valence-electron chi connectivity index (χ0n) is 22.3. The highest BCUT2D eigenvalue weighted by atomic mass is 32.1. The molecule has 4 aromatic rings. The third-order valence-electron chi connectivity index (χ3n) is 5.95. The van der Waals surface area contributed by atoms with Crippen molar-refractivity contribution in [2.24, 2.45) is 0 Å². The molecule has 1 fully saturated rings. The van der Waals surface area contributed by atoms with E-state index in [-0.39, 0.29) is 24.8 Å². The van der Waals surface area contributed by atoms with Crippen LogP contribution >= 0.6 is 11.3 Å². The van der Waals surface area contributed by atoms with Gasteiger partial charge in [-0.05, 0) is 32.9 Å². The second-order valence-corrected chi connectivity index (χ2v) is 11.1. The van der Waals surface area contributed by atoms with Crippen LogP contribution in [0.3, 0.4) is 0 Å². The lowest BCUT2D eigenvalue weighted by Gasteiger charge is -2.35. The molecule has 0 bridgehead atoms. The second-order valence-electron chi connectivity index (χ2n) is 10.0. The van der Waals surface area contributed by atoms with E-state index in [2.05, 4.69) is 30.6 Å². The number of rotatable bonds is 7. The normalized spacial score (nSPS) is 15.7. The molecule has 1 aliphatic rings. The van der Waals surface area contributed by atoms with Crippen LogP contribution in [0.25, 0.3) is 21.6 Å². The van der Waals surface area contributed by atoms with Gasteiger partial charge in [-0.25, -0.2) is 24.1 Å². The van der Waals surface area contributed by atoms with Gasteiger partial charge in [-0.3, -0.25) is 14.7 Å². The summed E-state index contributed by atoms with van der Waals surface area (Å²) in [6, 6.07) is 3.95. The van der Waals surface area contributed by atoms with Gasteiger partial charge >= 0.3 is 6.09 Å². The van der Waals surface area contributed by atoms with E-state index < -0.39 is 23.6 Å². The molecular formula is C26H29FN8O4S. The average Bonchev–Trinajstić information content (AvgIpc) is 3.55. The average molecular weight is 569 g/mol. The van der Waals surface area contributed by atoms with Crippen molar-refractivity contribution in [2.45, 2.75) is 39.0 Å². The number of hydrogen-bond donors (Lipinski definition) is 2. The number of halogens is 1. The Morgan fingerprint density at radius 1 is 1.23 bits per heavy atom. The maximum absolute atomic E-state index is 14.1. The first-order valence-corrected chi connectivity index (χ1v) is 13.5. The van der Waals surface area contributed by atoms with Crippen LogP contribution in [0.15, 0.2) is 43.1 Å². The van der Waals surface area contributed by atoms with Crippen LogP contribution in [0.1, 0.15) is 20.8 Å². The molecule has 0 aromatic carbocycles. The summed E-state index contributed by atoms with van der Waals surface area (Å²) in [5.74, 6) is -0.197. The third kappa shape index (κ3) is 6.34. The lowest BCUT2D eigenvalue weighted by molar-refractivity contribution is -0.132. The molecule has 1 atom stereocenters. The van der Waals surface area contributed by atoms with Crippen LogP contribution in [0.4, 0.5) is 20.1 Å². The Kier molecular flexibility index (Phi) is 7.89. The van der Waals surface area contributed by atoms with Gasteiger partial charge in [0.15, 0.2) is 5.13 Å². The number of ether oxygens (including phenoxy) is 2. The lowest BCUT2D eigenvalue weighted by Crippen LogP contribution is -2.57. The molecule has 210 valence electrons. The zero-order chi connectivity index (χ0) is 28.3. The SMILES string of the molecule is CC(C)(C)OC(=O)N1CCOC[C@H]1C(=O)NCCn1cnc2cnc(Nc3ncc(-c4ncccc4F)s3)cc21. The molecule has 1 aliphatic heterocycles. The standard InChI is InChI=1S/C26H29FN8O4S/c1-26(2,3)39-25(37)35-9-10-38-14-19(35)23(36)29-7-8-34-15-32-17-12-30-21(11-18(17)34)33-24-31-13-20(40-24)22-16(27)5-4-6-28-22/h4-6,11-13,15,19H,7-10,14H2,1-3H3,(H,29,36)(H,30,31,33)/t19-/m0/s1. The highest BCUT2D eigenvalue weighted by Gasteiger charge is 2.35. The van der Waals surface area contributed by atoms with Gasteiger partial charge in [0.2, 0.25) is 5.91 Å². The monoisotopic (exact) mass is 568 g/mol. The number of nitrogens with zero attached hydrogens (tertiary/aromatic N) is 6. The smallest absolute Gasteiger partial charge is 0.411 e. The Labute approximate surface area is 233 Å². The summed E-state index contributed by atoms with van der Waals surface area (Å²) in [5.41, 5.74) is 1.06. The van der Waals surface area contributed by atoms with Crippen LogP contribution in [0.5, 0.6) is 0 Å². The molecular weight excluding hydrogens is 539 g/mol. The second kappa shape index (κ2) is 11.5. The highest BCUT2D eigenvalue weighted by Crippen LogP contribution is 2.31. The molecule has 0 radical (unpaired) electrons. The molecule has 2 N–H and O–H groups in total. The number of thiazole rings is 1. The number of carbonyl (C=O) groups is 2. The summed E-state index contributed by atoms with van der Waals surface area (Å²) in [6.07, 6.45) is 5.86. The van der Waals surface area contributed by atoms with E-state index in [0.29, 0.717) is 41.0 Å². The Morgan fingerprint density at radius 2 is 2.08 bits per heavy atom. The Hall–Kier alpha value is -4.17. The van der Waals surface area contributed by atoms with Gasteiger partial charge in [0.1, 0.15) is 34.5 Å². The van der Waals surface area contributed by atoms with Crippen molar-refractivity contribution < 1.29 is 23.5 Å². The van der Waals surface area contributed by atoms with E-state index in [4.69, 9.17) is 9.47 Å². The van der Waals surface area contributed by atoms with Crippen LogP contribution in [0.2, 0.25) is 0 Å². The van der Waals surface area contributed by atoms with Crippen LogP contribution < -0.4 is 10.6 Å². The predicted molar refractivity (Wildman–Crippen MR) is 147 cm³/mol. The third-order valence-corrected chi connectivity index (χ3v) is 6.87. The highest BCUT2D eigenvalue weighted by molar-refractivity contribution is 7.18. The summed E-state index contributed by atoms with van der Waals surface area (Å²) < 4.78 is 26.9. The first-order valence-electron chi connectivity index (χ1n) is 12.7. The summed E-state index contributed by atoms with van der Waals surface area (Å²) in [7, 11) is 0. The van der Waals surface area contributed by atoms with E-state index in [0.717, 1.165) is 5.52 Å². The minimum Gasteiger partial charge on any atom is -0.444 e. The van der Waals surface area contributed by atoms with Crippen molar-refractivity contribution >= 4 is 45.3 Å². The summed E-state index contributed by atoms with van der Waals surface area (Å²) in [6.45, 7) is 6.81. The number of pyridine rings is 2. The van der Waals surface area contributed by atoms with Crippen molar-refractivity contribution in [3.05, 3.63) is 48.9 Å². The van der Waals surface area contributed by atoms with Gasteiger partial charge in [0, 0.05) is 38.1 Å². The molecule has 12 nitrogen and oxygen atoms in total. The number of fused-ring (bicyclic) bond motifs is 1. The van der Waals surface area contributed by atoms with Crippen molar-refractivity contribution in [3.63, 3.8) is 0 Å². The molecule has 0 aliphatic carbocycles. The van der Waals surface area contributed by atoms with E-state index >= 15 is 0 Å². The summed E-state index contributed by atoms with van der Waals surface area (Å²) in [4.78, 5) is 44.7. The maximum Gasteiger partial charge on any atom is 0.411 e. The van der Waals surface area contributed by atoms with Crippen molar-refractivity contribution in [2.75, 3.05) is 31.6 Å². The summed E-state index contributed by atoms with van der Waals surface area (Å²) >= 11 is 1.26. The molecule has 1 saturated heterocycles. The van der Waals surface area contributed by atoms with Gasteiger partial charge in [-0.15, -0.1) is 0 Å². The largest absolute Gasteiger partial charge is 0.444 e. The Balaban J connectivity index is 1.21. The van der Waals surface area contributed by atoms with Gasteiger partial charge in [-0.1, -0.05) is 11.3 Å². The molecule has 5 heterocycles. The molecule has 2 amide bonds. The molecule has 14 heteroatoms. The minimum atomic E-state index is -0.772. The van der Waals surface area contributed by atoms with E-state index in [1.165, 1.54) is 34.6 Å². The molecule has 5 rings (SSSR count). The molecule has 4 aromatic heterocycles. The van der Waals surface area contributed by atoms with Gasteiger partial charge in [0.05, 0.1) is 36.1 Å². The van der Waals surface area contributed by atoms with Crippen molar-refractivity contribution in [1.29, 1.82) is 0 Å². The van der Waals surface area contributed by atoms with Crippen molar-refractivity contribution in [3.8, 4) is 10.6 Å². The summed E-state index contributed by atoms with van der Waals surface area (Å²) in [5, 5.41) is 6.57. The van der Waals surface area contributed by atoms with Gasteiger partial charge in [0.25, 0.3) is 0 Å². The van der Waals surface area contributed by atoms with E-state index in [1.807, 2.05) is 10.6 Å². The molecule has 0 unspecified atom stereocenters. The van der Waals surface area contributed by atoms with Crippen LogP contribution in [0, 0.1) is 5.82 Å².